The number of sulfonamides is 1. The fourth-order valence-electron chi connectivity index (χ4n) is 3.95. The monoisotopic (exact) mass is 438 g/mol. The zero-order valence-corrected chi connectivity index (χ0v) is 18.1. The molecule has 1 saturated heterocycles. The van der Waals surface area contributed by atoms with Gasteiger partial charge in [-0.3, -0.25) is 4.79 Å². The van der Waals surface area contributed by atoms with Gasteiger partial charge >= 0.3 is 0 Å². The maximum atomic E-state index is 13.0. The highest BCUT2D eigenvalue weighted by Gasteiger charge is 2.33. The number of hydrogen-bond acceptors (Lipinski definition) is 4. The third-order valence-corrected chi connectivity index (χ3v) is 9.06. The minimum absolute atomic E-state index is 0.0295. The number of hydrogen-bond donors (Lipinski definition) is 0. The molecular weight excluding hydrogens is 416 g/mol. The summed E-state index contributed by atoms with van der Waals surface area (Å²) in [5.74, 6) is 0.703. The van der Waals surface area contributed by atoms with Gasteiger partial charge in [-0.15, -0.1) is 11.3 Å². The van der Waals surface area contributed by atoms with Crippen molar-refractivity contribution in [3.8, 4) is 0 Å². The molecule has 0 bridgehead atoms. The predicted octanol–water partition coefficient (Wildman–Crippen LogP) is 3.67. The third kappa shape index (κ3) is 3.61. The van der Waals surface area contributed by atoms with Crippen molar-refractivity contribution < 1.29 is 13.2 Å². The normalized spacial score (nSPS) is 20.8. The summed E-state index contributed by atoms with van der Waals surface area (Å²) in [6.45, 7) is 3.60. The maximum Gasteiger partial charge on any atom is 0.255 e. The van der Waals surface area contributed by atoms with E-state index in [9.17, 15) is 13.2 Å². The van der Waals surface area contributed by atoms with Crippen molar-refractivity contribution in [1.29, 1.82) is 0 Å². The molecule has 4 rings (SSSR count). The van der Waals surface area contributed by atoms with Gasteiger partial charge < -0.3 is 4.90 Å². The summed E-state index contributed by atoms with van der Waals surface area (Å²) >= 11 is 7.77. The first kappa shape index (κ1) is 19.9. The molecule has 5 nitrogen and oxygen atoms in total. The van der Waals surface area contributed by atoms with Crippen molar-refractivity contribution in [3.05, 3.63) is 50.7 Å². The molecule has 1 aromatic carbocycles. The first-order valence-electron chi connectivity index (χ1n) is 9.51. The van der Waals surface area contributed by atoms with E-state index in [1.54, 1.807) is 34.4 Å². The molecule has 0 saturated carbocycles. The Hall–Kier alpha value is -1.41. The van der Waals surface area contributed by atoms with Crippen molar-refractivity contribution in [2.75, 3.05) is 26.2 Å². The number of carbonyl (C=O) groups is 1. The molecule has 1 amide bonds. The third-order valence-electron chi connectivity index (χ3n) is 5.61. The van der Waals surface area contributed by atoms with Crippen LogP contribution in [0.15, 0.2) is 34.5 Å². The molecule has 0 radical (unpaired) electrons. The summed E-state index contributed by atoms with van der Waals surface area (Å²) in [5, 5.41) is 2.21. The molecule has 1 aliphatic carbocycles. The molecule has 0 N–H and O–H groups in total. The van der Waals surface area contributed by atoms with Gasteiger partial charge in [-0.05, 0) is 42.9 Å². The van der Waals surface area contributed by atoms with Crippen LogP contribution >= 0.6 is 22.9 Å². The lowest BCUT2D eigenvalue weighted by Gasteiger charge is -2.34. The van der Waals surface area contributed by atoms with Gasteiger partial charge in [0.2, 0.25) is 10.0 Å². The van der Waals surface area contributed by atoms with Crippen LogP contribution in [0.2, 0.25) is 5.02 Å². The van der Waals surface area contributed by atoms with Crippen molar-refractivity contribution in [3.63, 3.8) is 0 Å². The van der Waals surface area contributed by atoms with Crippen molar-refractivity contribution >= 4 is 38.9 Å². The van der Waals surface area contributed by atoms with Crippen LogP contribution in [0.1, 0.15) is 34.1 Å². The van der Waals surface area contributed by atoms with Gasteiger partial charge in [0.15, 0.2) is 0 Å². The van der Waals surface area contributed by atoms with Gasteiger partial charge in [-0.2, -0.15) is 4.31 Å². The average molecular weight is 439 g/mol. The number of nitrogens with zero attached hydrogens (tertiary/aromatic N) is 2. The van der Waals surface area contributed by atoms with E-state index in [1.165, 1.54) is 20.8 Å². The summed E-state index contributed by atoms with van der Waals surface area (Å²) in [4.78, 5) is 16.3. The number of thiophene rings is 1. The Labute approximate surface area is 175 Å². The number of halogens is 1. The van der Waals surface area contributed by atoms with Crippen LogP contribution in [-0.4, -0.2) is 49.7 Å². The lowest BCUT2D eigenvalue weighted by atomic mass is 9.88. The molecule has 150 valence electrons. The van der Waals surface area contributed by atoms with Crippen LogP contribution in [0.3, 0.4) is 0 Å². The molecule has 28 heavy (non-hydrogen) atoms. The summed E-state index contributed by atoms with van der Waals surface area (Å²) in [7, 11) is -3.65. The SMILES string of the molecule is CC1CCc2c(C(=O)N3CCN(S(=O)(=O)c4ccccc4Cl)CC3)csc2C1. The molecule has 1 aliphatic heterocycles. The minimum atomic E-state index is -3.65. The first-order valence-corrected chi connectivity index (χ1v) is 12.2. The number of amides is 1. The second-order valence-electron chi connectivity index (χ2n) is 7.53. The lowest BCUT2D eigenvalue weighted by Crippen LogP contribution is -2.50. The van der Waals surface area contributed by atoms with Crippen molar-refractivity contribution in [1.82, 2.24) is 9.21 Å². The van der Waals surface area contributed by atoms with Crippen LogP contribution in [0, 0.1) is 5.92 Å². The van der Waals surface area contributed by atoms with Crippen molar-refractivity contribution in [2.24, 2.45) is 5.92 Å². The Balaban J connectivity index is 1.46. The Kier molecular flexibility index (Phi) is 5.53. The largest absolute Gasteiger partial charge is 0.336 e. The number of carbonyl (C=O) groups excluding carboxylic acids is 1. The maximum absolute atomic E-state index is 13.0. The van der Waals surface area contributed by atoms with Crippen molar-refractivity contribution in [2.45, 2.75) is 31.1 Å². The van der Waals surface area contributed by atoms with E-state index in [4.69, 9.17) is 11.6 Å². The highest BCUT2D eigenvalue weighted by atomic mass is 35.5. The van der Waals surface area contributed by atoms with E-state index in [0.29, 0.717) is 19.0 Å². The fraction of sp³-hybridized carbons (Fsp3) is 0.450. The zero-order chi connectivity index (χ0) is 19.9. The zero-order valence-electron chi connectivity index (χ0n) is 15.7. The van der Waals surface area contributed by atoms with E-state index >= 15 is 0 Å². The Morgan fingerprint density at radius 1 is 1.18 bits per heavy atom. The lowest BCUT2D eigenvalue weighted by molar-refractivity contribution is 0.0697. The standard InChI is InChI=1S/C20H23ClN2O3S2/c1-14-6-7-15-16(13-27-18(15)12-14)20(24)22-8-10-23(11-9-22)28(25,26)19-5-3-2-4-17(19)21/h2-5,13-14H,6-12H2,1H3. The van der Waals surface area contributed by atoms with E-state index < -0.39 is 10.0 Å². The number of rotatable bonds is 3. The highest BCUT2D eigenvalue weighted by Crippen LogP contribution is 2.33. The highest BCUT2D eigenvalue weighted by molar-refractivity contribution is 7.89. The quantitative estimate of drug-likeness (QED) is 0.734. The molecule has 1 aromatic heterocycles. The van der Waals surface area contributed by atoms with Gasteiger partial charge in [-0.1, -0.05) is 30.7 Å². The Morgan fingerprint density at radius 2 is 1.89 bits per heavy atom. The second kappa shape index (κ2) is 7.78. The van der Waals surface area contributed by atoms with Gasteiger partial charge in [0.05, 0.1) is 10.6 Å². The van der Waals surface area contributed by atoms with Gasteiger partial charge in [0, 0.05) is 36.4 Å². The molecule has 2 aromatic rings. The van der Waals surface area contributed by atoms with Crippen LogP contribution < -0.4 is 0 Å². The molecule has 1 unspecified atom stereocenters. The van der Waals surface area contributed by atoms with Gasteiger partial charge in [0.1, 0.15) is 4.90 Å². The summed E-state index contributed by atoms with van der Waals surface area (Å²) in [6.07, 6.45) is 3.13. The summed E-state index contributed by atoms with van der Waals surface area (Å²) < 4.78 is 27.2. The van der Waals surface area contributed by atoms with Gasteiger partial charge in [-0.25, -0.2) is 8.42 Å². The van der Waals surface area contributed by atoms with E-state index in [2.05, 4.69) is 6.92 Å². The van der Waals surface area contributed by atoms with E-state index in [0.717, 1.165) is 24.8 Å². The van der Waals surface area contributed by atoms with E-state index in [-0.39, 0.29) is 28.9 Å². The predicted molar refractivity (Wildman–Crippen MR) is 112 cm³/mol. The number of piperazine rings is 1. The molecule has 8 heteroatoms. The Bertz CT molecular complexity index is 995. The van der Waals surface area contributed by atoms with Crippen LogP contribution in [0.5, 0.6) is 0 Å². The number of fused-ring (bicyclic) bond motifs is 1. The molecule has 1 atom stereocenters. The Morgan fingerprint density at radius 3 is 2.61 bits per heavy atom. The topological polar surface area (TPSA) is 57.7 Å². The molecule has 2 aliphatic rings. The van der Waals surface area contributed by atoms with Gasteiger partial charge in [0.25, 0.3) is 5.91 Å². The van der Waals surface area contributed by atoms with Crippen LogP contribution in [-0.2, 0) is 22.9 Å². The molecular formula is C20H23ClN2O3S2. The summed E-state index contributed by atoms with van der Waals surface area (Å²) in [5.41, 5.74) is 2.02. The van der Waals surface area contributed by atoms with E-state index in [1.807, 2.05) is 5.38 Å². The molecule has 0 spiro atoms. The minimum Gasteiger partial charge on any atom is -0.336 e. The second-order valence-corrected chi connectivity index (χ2v) is 10.8. The average Bonchev–Trinajstić information content (AvgIpc) is 3.10. The first-order chi connectivity index (χ1) is 13.4. The molecule has 1 fully saturated rings. The summed E-state index contributed by atoms with van der Waals surface area (Å²) in [6, 6.07) is 6.47. The molecule has 2 heterocycles. The van der Waals surface area contributed by atoms with Crippen LogP contribution in [0.4, 0.5) is 0 Å². The number of benzene rings is 1. The fourth-order valence-corrected chi connectivity index (χ4v) is 7.11. The smallest absolute Gasteiger partial charge is 0.255 e. The van der Waals surface area contributed by atoms with Crippen LogP contribution in [0.25, 0.3) is 0 Å².